The molecular formula is C14H15NO3. The van der Waals surface area contributed by atoms with Gasteiger partial charge in [-0.3, -0.25) is 4.79 Å². The first kappa shape index (κ1) is 11.3. The Morgan fingerprint density at radius 3 is 2.94 bits per heavy atom. The van der Waals surface area contributed by atoms with Gasteiger partial charge in [-0.15, -0.1) is 0 Å². The smallest absolute Gasteiger partial charge is 0.251 e. The van der Waals surface area contributed by atoms with Crippen LogP contribution in [0.25, 0.3) is 10.9 Å². The fourth-order valence-corrected chi connectivity index (χ4v) is 2.04. The molecule has 2 heterocycles. The van der Waals surface area contributed by atoms with E-state index in [1.165, 1.54) is 0 Å². The zero-order valence-electron chi connectivity index (χ0n) is 10.5. The number of aromatic nitrogens is 1. The van der Waals surface area contributed by atoms with Gasteiger partial charge in [0.1, 0.15) is 18.5 Å². The van der Waals surface area contributed by atoms with Gasteiger partial charge >= 0.3 is 0 Å². The summed E-state index contributed by atoms with van der Waals surface area (Å²) in [4.78, 5) is 11.7. The number of aryl methyl sites for hydroxylation is 2. The molecule has 0 N–H and O–H groups in total. The highest BCUT2D eigenvalue weighted by Gasteiger charge is 2.23. The van der Waals surface area contributed by atoms with Gasteiger partial charge in [0, 0.05) is 24.6 Å². The van der Waals surface area contributed by atoms with Crippen LogP contribution in [0.5, 0.6) is 5.75 Å². The van der Waals surface area contributed by atoms with Gasteiger partial charge in [0.15, 0.2) is 0 Å². The lowest BCUT2D eigenvalue weighted by molar-refractivity contribution is 0.263. The molecule has 3 rings (SSSR count). The topological polar surface area (TPSA) is 43.8 Å². The van der Waals surface area contributed by atoms with E-state index in [2.05, 4.69) is 0 Å². The second kappa shape index (κ2) is 4.14. The molecule has 1 atom stereocenters. The minimum absolute atomic E-state index is 0.00248. The van der Waals surface area contributed by atoms with E-state index in [0.29, 0.717) is 6.61 Å². The Morgan fingerprint density at radius 2 is 2.22 bits per heavy atom. The molecule has 2 aromatic rings. The number of fused-ring (bicyclic) bond motifs is 1. The quantitative estimate of drug-likeness (QED) is 0.772. The first-order valence-corrected chi connectivity index (χ1v) is 6.00. The first-order valence-electron chi connectivity index (χ1n) is 6.00. The Kier molecular flexibility index (Phi) is 2.59. The van der Waals surface area contributed by atoms with Crippen molar-refractivity contribution in [3.05, 3.63) is 40.2 Å². The lowest BCUT2D eigenvalue weighted by atomic mass is 10.1. The largest absolute Gasteiger partial charge is 0.491 e. The van der Waals surface area contributed by atoms with Crippen LogP contribution in [0.3, 0.4) is 0 Å². The minimum atomic E-state index is 0.00248. The minimum Gasteiger partial charge on any atom is -0.491 e. The van der Waals surface area contributed by atoms with E-state index in [9.17, 15) is 4.79 Å². The summed E-state index contributed by atoms with van der Waals surface area (Å²) in [6.07, 6.45) is 0.238. The summed E-state index contributed by atoms with van der Waals surface area (Å²) in [5, 5.41) is 1.08. The third-order valence-electron chi connectivity index (χ3n) is 3.26. The van der Waals surface area contributed by atoms with Crippen LogP contribution < -0.4 is 10.3 Å². The third-order valence-corrected chi connectivity index (χ3v) is 3.26. The van der Waals surface area contributed by atoms with Crippen LogP contribution in [0.15, 0.2) is 29.1 Å². The molecule has 0 spiro atoms. The molecule has 18 heavy (non-hydrogen) atoms. The molecule has 1 aromatic carbocycles. The van der Waals surface area contributed by atoms with Crippen LogP contribution in [-0.2, 0) is 11.8 Å². The molecule has 1 unspecified atom stereocenters. The predicted molar refractivity (Wildman–Crippen MR) is 69.2 cm³/mol. The van der Waals surface area contributed by atoms with E-state index in [1.54, 1.807) is 17.7 Å². The standard InChI is InChI=1S/C14H15NO3/c1-9-5-14(16)15(2)13-6-10(3-4-12(9)13)17-7-11-8-18-11/h3-6,11H,7-8H2,1-2H3. The van der Waals surface area contributed by atoms with E-state index >= 15 is 0 Å². The molecule has 1 saturated heterocycles. The van der Waals surface area contributed by atoms with Crippen LogP contribution in [0.1, 0.15) is 5.56 Å². The summed E-state index contributed by atoms with van der Waals surface area (Å²) in [5.74, 6) is 0.776. The maximum atomic E-state index is 11.7. The molecule has 1 aromatic heterocycles. The molecule has 0 aliphatic carbocycles. The van der Waals surface area contributed by atoms with Crippen molar-refractivity contribution in [2.24, 2.45) is 7.05 Å². The zero-order valence-corrected chi connectivity index (χ0v) is 10.5. The number of ether oxygens (including phenoxy) is 2. The molecule has 0 saturated carbocycles. The number of hydrogen-bond donors (Lipinski definition) is 0. The molecule has 1 fully saturated rings. The number of hydrogen-bond acceptors (Lipinski definition) is 3. The molecule has 1 aliphatic heterocycles. The van der Waals surface area contributed by atoms with Gasteiger partial charge in [0.2, 0.25) is 0 Å². The zero-order chi connectivity index (χ0) is 12.7. The average molecular weight is 245 g/mol. The maximum Gasteiger partial charge on any atom is 0.251 e. The fraction of sp³-hybridized carbons (Fsp3) is 0.357. The third kappa shape index (κ3) is 1.99. The molecular weight excluding hydrogens is 230 g/mol. The maximum absolute atomic E-state index is 11.7. The van der Waals surface area contributed by atoms with Crippen molar-refractivity contribution in [1.29, 1.82) is 0 Å². The second-order valence-corrected chi connectivity index (χ2v) is 4.67. The normalized spacial score (nSPS) is 18.0. The van der Waals surface area contributed by atoms with Crippen molar-refractivity contribution in [2.75, 3.05) is 13.2 Å². The van der Waals surface area contributed by atoms with Crippen LogP contribution in [-0.4, -0.2) is 23.9 Å². The average Bonchev–Trinajstić information content (AvgIpc) is 3.17. The van der Waals surface area contributed by atoms with E-state index in [0.717, 1.165) is 28.8 Å². The monoisotopic (exact) mass is 245 g/mol. The van der Waals surface area contributed by atoms with Gasteiger partial charge in [-0.05, 0) is 24.6 Å². The van der Waals surface area contributed by atoms with Crippen molar-refractivity contribution in [1.82, 2.24) is 4.57 Å². The lowest BCUT2D eigenvalue weighted by Gasteiger charge is -2.10. The number of nitrogens with zero attached hydrogens (tertiary/aromatic N) is 1. The highest BCUT2D eigenvalue weighted by Crippen LogP contribution is 2.22. The van der Waals surface area contributed by atoms with Crippen LogP contribution in [0, 0.1) is 6.92 Å². The van der Waals surface area contributed by atoms with Crippen molar-refractivity contribution in [3.63, 3.8) is 0 Å². The van der Waals surface area contributed by atoms with Crippen molar-refractivity contribution < 1.29 is 9.47 Å². The second-order valence-electron chi connectivity index (χ2n) is 4.67. The van der Waals surface area contributed by atoms with Gasteiger partial charge in [0.05, 0.1) is 12.1 Å². The first-order chi connectivity index (χ1) is 8.65. The van der Waals surface area contributed by atoms with E-state index < -0.39 is 0 Å². The predicted octanol–water partition coefficient (Wildman–Crippen LogP) is 1.62. The van der Waals surface area contributed by atoms with Crippen molar-refractivity contribution in [2.45, 2.75) is 13.0 Å². The van der Waals surface area contributed by atoms with Gasteiger partial charge in [-0.25, -0.2) is 0 Å². The highest BCUT2D eigenvalue weighted by molar-refractivity contribution is 5.83. The van der Waals surface area contributed by atoms with Crippen molar-refractivity contribution >= 4 is 10.9 Å². The molecule has 1 aliphatic rings. The number of benzene rings is 1. The number of rotatable bonds is 3. The van der Waals surface area contributed by atoms with E-state index in [1.807, 2.05) is 25.1 Å². The Labute approximate surface area is 105 Å². The fourth-order valence-electron chi connectivity index (χ4n) is 2.04. The van der Waals surface area contributed by atoms with E-state index in [4.69, 9.17) is 9.47 Å². The Bertz CT molecular complexity index is 656. The summed E-state index contributed by atoms with van der Waals surface area (Å²) >= 11 is 0. The van der Waals surface area contributed by atoms with Crippen LogP contribution >= 0.6 is 0 Å². The Hall–Kier alpha value is -1.81. The molecule has 4 heteroatoms. The SMILES string of the molecule is Cc1cc(=O)n(C)c2cc(OCC3CO3)ccc12. The van der Waals surface area contributed by atoms with Gasteiger partial charge < -0.3 is 14.0 Å². The summed E-state index contributed by atoms with van der Waals surface area (Å²) in [6.45, 7) is 3.30. The van der Waals surface area contributed by atoms with Gasteiger partial charge in [-0.2, -0.15) is 0 Å². The molecule has 94 valence electrons. The molecule has 0 bridgehead atoms. The van der Waals surface area contributed by atoms with Crippen molar-refractivity contribution in [3.8, 4) is 5.75 Å². The molecule has 4 nitrogen and oxygen atoms in total. The lowest BCUT2D eigenvalue weighted by Crippen LogP contribution is -2.16. The Balaban J connectivity index is 2.03. The molecule has 0 radical (unpaired) electrons. The number of epoxide rings is 1. The van der Waals surface area contributed by atoms with Crippen LogP contribution in [0.4, 0.5) is 0 Å². The number of pyridine rings is 1. The highest BCUT2D eigenvalue weighted by atomic mass is 16.6. The molecule has 0 amide bonds. The van der Waals surface area contributed by atoms with Crippen LogP contribution in [0.2, 0.25) is 0 Å². The summed E-state index contributed by atoms with van der Waals surface area (Å²) in [5.41, 5.74) is 1.89. The van der Waals surface area contributed by atoms with Gasteiger partial charge in [-0.1, -0.05) is 0 Å². The van der Waals surface area contributed by atoms with Gasteiger partial charge in [0.25, 0.3) is 5.56 Å². The summed E-state index contributed by atoms with van der Waals surface area (Å²) < 4.78 is 12.4. The van der Waals surface area contributed by atoms with E-state index in [-0.39, 0.29) is 11.7 Å². The summed E-state index contributed by atoms with van der Waals surface area (Å²) in [6, 6.07) is 7.49. The summed E-state index contributed by atoms with van der Waals surface area (Å²) in [7, 11) is 1.78. The Morgan fingerprint density at radius 1 is 1.44 bits per heavy atom.